The van der Waals surface area contributed by atoms with Crippen LogP contribution in [-0.4, -0.2) is 11.9 Å². The number of esters is 2. The van der Waals surface area contributed by atoms with Crippen LogP contribution in [0.25, 0.3) is 0 Å². The second-order valence-corrected chi connectivity index (χ2v) is 4.59. The van der Waals surface area contributed by atoms with Gasteiger partial charge in [0.15, 0.2) is 0 Å². The molecule has 0 unspecified atom stereocenters. The van der Waals surface area contributed by atoms with Gasteiger partial charge in [-0.05, 0) is 30.7 Å². The Morgan fingerprint density at radius 2 is 1.27 bits per heavy atom. The number of rotatable bonds is 6. The maximum Gasteiger partial charge on any atom is 0.338 e. The quantitative estimate of drug-likeness (QED) is 0.465. The van der Waals surface area contributed by atoms with Crippen LogP contribution in [0, 0.1) is 0 Å². The third-order valence-corrected chi connectivity index (χ3v) is 2.85. The lowest BCUT2D eigenvalue weighted by Gasteiger charge is -2.07. The maximum absolute atomic E-state index is 11.8. The van der Waals surface area contributed by atoms with Crippen LogP contribution in [0.2, 0.25) is 0 Å². The van der Waals surface area contributed by atoms with Crippen molar-refractivity contribution in [2.45, 2.75) is 12.8 Å². The molecule has 0 spiro atoms. The van der Waals surface area contributed by atoms with Crippen LogP contribution in [-0.2, 0) is 9.59 Å². The van der Waals surface area contributed by atoms with Gasteiger partial charge in [0.05, 0.1) is 6.42 Å². The first-order valence-electron chi connectivity index (χ1n) is 6.86. The van der Waals surface area contributed by atoms with Crippen LogP contribution in [0.4, 0.5) is 0 Å². The summed E-state index contributed by atoms with van der Waals surface area (Å²) in [5, 5.41) is 0. The van der Waals surface area contributed by atoms with Crippen molar-refractivity contribution in [3.05, 3.63) is 72.8 Å². The van der Waals surface area contributed by atoms with Gasteiger partial charge in [-0.1, -0.05) is 43.0 Å². The molecule has 0 bridgehead atoms. The molecule has 0 aromatic heterocycles. The summed E-state index contributed by atoms with van der Waals surface area (Å²) in [6, 6.07) is 17.5. The average Bonchev–Trinajstić information content (AvgIpc) is 2.54. The van der Waals surface area contributed by atoms with Crippen molar-refractivity contribution in [3.63, 3.8) is 0 Å². The van der Waals surface area contributed by atoms with E-state index < -0.39 is 11.9 Å². The summed E-state index contributed by atoms with van der Waals surface area (Å²) in [6.45, 7) is 3.65. The van der Waals surface area contributed by atoms with E-state index in [1.807, 2.05) is 12.1 Å². The summed E-state index contributed by atoms with van der Waals surface area (Å²) in [4.78, 5) is 23.5. The molecule has 0 amide bonds. The van der Waals surface area contributed by atoms with Gasteiger partial charge in [-0.25, -0.2) is 4.79 Å². The standard InChI is InChI=1S/C18H16O4/c1-14(18(20)22-16-10-6-3-7-11-16)12-13-17(19)21-15-8-4-2-5-9-15/h2-11H,1,12-13H2. The minimum absolute atomic E-state index is 0.0671. The molecular formula is C18H16O4. The van der Waals surface area contributed by atoms with Gasteiger partial charge in [0, 0.05) is 5.57 Å². The molecule has 0 N–H and O–H groups in total. The Kier molecular flexibility index (Phi) is 5.49. The molecule has 0 aliphatic heterocycles. The topological polar surface area (TPSA) is 52.6 Å². The normalized spacial score (nSPS) is 9.82. The van der Waals surface area contributed by atoms with E-state index in [0.717, 1.165) is 0 Å². The number of carbonyl (C=O) groups is 2. The molecule has 0 heterocycles. The molecule has 0 fully saturated rings. The van der Waals surface area contributed by atoms with Gasteiger partial charge in [0.1, 0.15) is 11.5 Å². The second-order valence-electron chi connectivity index (χ2n) is 4.59. The first-order chi connectivity index (χ1) is 10.6. The summed E-state index contributed by atoms with van der Waals surface area (Å²) in [6.07, 6.45) is 0.259. The number of benzene rings is 2. The highest BCUT2D eigenvalue weighted by molar-refractivity contribution is 5.90. The molecule has 4 nitrogen and oxygen atoms in total. The van der Waals surface area contributed by atoms with Gasteiger partial charge in [0.25, 0.3) is 0 Å². The maximum atomic E-state index is 11.8. The highest BCUT2D eigenvalue weighted by Crippen LogP contribution is 2.14. The van der Waals surface area contributed by atoms with Crippen molar-refractivity contribution >= 4 is 11.9 Å². The summed E-state index contributed by atoms with van der Waals surface area (Å²) in [5.74, 6) is -0.0379. The zero-order valence-corrected chi connectivity index (χ0v) is 12.0. The van der Waals surface area contributed by atoms with E-state index >= 15 is 0 Å². The lowest BCUT2D eigenvalue weighted by molar-refractivity contribution is -0.134. The van der Waals surface area contributed by atoms with Gasteiger partial charge < -0.3 is 9.47 Å². The minimum atomic E-state index is -0.543. The van der Waals surface area contributed by atoms with Crippen molar-refractivity contribution in [2.24, 2.45) is 0 Å². The van der Waals surface area contributed by atoms with Gasteiger partial charge in [0.2, 0.25) is 0 Å². The predicted octanol–water partition coefficient (Wildman–Crippen LogP) is 3.53. The fourth-order valence-electron chi connectivity index (χ4n) is 1.69. The van der Waals surface area contributed by atoms with Crippen molar-refractivity contribution in [1.29, 1.82) is 0 Å². The molecule has 2 rings (SSSR count). The molecule has 22 heavy (non-hydrogen) atoms. The highest BCUT2D eigenvalue weighted by Gasteiger charge is 2.13. The predicted molar refractivity (Wildman–Crippen MR) is 82.5 cm³/mol. The summed E-state index contributed by atoms with van der Waals surface area (Å²) >= 11 is 0. The van der Waals surface area contributed by atoms with Crippen molar-refractivity contribution in [2.75, 3.05) is 0 Å². The SMILES string of the molecule is C=C(CCC(=O)Oc1ccccc1)C(=O)Oc1ccccc1. The van der Waals surface area contributed by atoms with Gasteiger partial charge in [-0.15, -0.1) is 0 Å². The number of hydrogen-bond donors (Lipinski definition) is 0. The number of hydrogen-bond acceptors (Lipinski definition) is 4. The zero-order chi connectivity index (χ0) is 15.8. The Balaban J connectivity index is 1.77. The fourth-order valence-corrected chi connectivity index (χ4v) is 1.69. The average molecular weight is 296 g/mol. The Morgan fingerprint density at radius 3 is 1.82 bits per heavy atom. The molecule has 2 aromatic rings. The zero-order valence-electron chi connectivity index (χ0n) is 12.0. The first kappa shape index (κ1) is 15.5. The summed E-state index contributed by atoms with van der Waals surface area (Å²) in [5.41, 5.74) is 0.230. The molecule has 4 heteroatoms. The third kappa shape index (κ3) is 4.90. The lowest BCUT2D eigenvalue weighted by Crippen LogP contribution is -2.13. The van der Waals surface area contributed by atoms with Crippen LogP contribution >= 0.6 is 0 Å². The molecule has 0 radical (unpaired) electrons. The van der Waals surface area contributed by atoms with Crippen LogP contribution in [0.15, 0.2) is 72.8 Å². The molecule has 2 aromatic carbocycles. The van der Waals surface area contributed by atoms with E-state index in [2.05, 4.69) is 6.58 Å². The molecule has 0 aliphatic rings. The second kappa shape index (κ2) is 7.78. The van der Waals surface area contributed by atoms with Crippen LogP contribution in [0.3, 0.4) is 0 Å². The monoisotopic (exact) mass is 296 g/mol. The highest BCUT2D eigenvalue weighted by atomic mass is 16.5. The molecule has 0 saturated heterocycles. The molecular weight excluding hydrogens is 280 g/mol. The van der Waals surface area contributed by atoms with E-state index in [9.17, 15) is 9.59 Å². The number of para-hydroxylation sites is 2. The number of carbonyl (C=O) groups excluding carboxylic acids is 2. The van der Waals surface area contributed by atoms with Crippen molar-refractivity contribution < 1.29 is 19.1 Å². The van der Waals surface area contributed by atoms with Crippen LogP contribution < -0.4 is 9.47 Å². The van der Waals surface area contributed by atoms with Gasteiger partial charge >= 0.3 is 11.9 Å². The smallest absolute Gasteiger partial charge is 0.338 e. The Hall–Kier alpha value is -2.88. The molecule has 0 saturated carbocycles. The molecule has 0 atom stereocenters. The Labute approximate surface area is 129 Å². The summed E-state index contributed by atoms with van der Waals surface area (Å²) < 4.78 is 10.3. The minimum Gasteiger partial charge on any atom is -0.427 e. The van der Waals surface area contributed by atoms with E-state index in [4.69, 9.17) is 9.47 Å². The van der Waals surface area contributed by atoms with Crippen LogP contribution in [0.5, 0.6) is 11.5 Å². The molecule has 0 aliphatic carbocycles. The van der Waals surface area contributed by atoms with Gasteiger partial charge in [-0.3, -0.25) is 4.79 Å². The third-order valence-electron chi connectivity index (χ3n) is 2.85. The van der Waals surface area contributed by atoms with E-state index in [0.29, 0.717) is 11.5 Å². The van der Waals surface area contributed by atoms with E-state index in [1.165, 1.54) is 0 Å². The Morgan fingerprint density at radius 1 is 0.773 bits per heavy atom. The number of ether oxygens (including phenoxy) is 2. The van der Waals surface area contributed by atoms with E-state index in [-0.39, 0.29) is 18.4 Å². The van der Waals surface area contributed by atoms with E-state index in [1.54, 1.807) is 48.5 Å². The van der Waals surface area contributed by atoms with Crippen LogP contribution in [0.1, 0.15) is 12.8 Å². The fraction of sp³-hybridized carbons (Fsp3) is 0.111. The van der Waals surface area contributed by atoms with Gasteiger partial charge in [-0.2, -0.15) is 0 Å². The lowest BCUT2D eigenvalue weighted by atomic mass is 10.1. The van der Waals surface area contributed by atoms with Crippen molar-refractivity contribution in [1.82, 2.24) is 0 Å². The molecule has 112 valence electrons. The summed E-state index contributed by atoms with van der Waals surface area (Å²) in [7, 11) is 0. The Bertz CT molecular complexity index is 647. The first-order valence-corrected chi connectivity index (χ1v) is 6.86. The largest absolute Gasteiger partial charge is 0.427 e. The van der Waals surface area contributed by atoms with Crippen molar-refractivity contribution in [3.8, 4) is 11.5 Å².